The standard InChI is InChI=1S/C10H17N3O2S/c1-3-7-4-12-9(16-7)5-13-10(14)8(11)6-15-2/h4,8H,3,5-6,11H2,1-2H3,(H,13,14). The van der Waals surface area contributed by atoms with Gasteiger partial charge >= 0.3 is 0 Å². The molecule has 1 amide bonds. The van der Waals surface area contributed by atoms with Crippen LogP contribution in [0.2, 0.25) is 0 Å². The molecule has 1 unspecified atom stereocenters. The van der Waals surface area contributed by atoms with Gasteiger partial charge in [-0.05, 0) is 6.42 Å². The maximum Gasteiger partial charge on any atom is 0.239 e. The van der Waals surface area contributed by atoms with E-state index in [1.165, 1.54) is 12.0 Å². The zero-order valence-electron chi connectivity index (χ0n) is 9.53. The van der Waals surface area contributed by atoms with Crippen LogP contribution in [-0.4, -0.2) is 30.6 Å². The lowest BCUT2D eigenvalue weighted by Gasteiger charge is -2.09. The van der Waals surface area contributed by atoms with Gasteiger partial charge in [-0.1, -0.05) is 6.92 Å². The number of nitrogens with two attached hydrogens (primary N) is 1. The molecule has 0 fully saturated rings. The lowest BCUT2D eigenvalue weighted by molar-refractivity contribution is -0.123. The van der Waals surface area contributed by atoms with Gasteiger partial charge in [-0.15, -0.1) is 11.3 Å². The highest BCUT2D eigenvalue weighted by Crippen LogP contribution is 2.12. The van der Waals surface area contributed by atoms with Gasteiger partial charge in [0.15, 0.2) is 0 Å². The first kappa shape index (κ1) is 13.1. The van der Waals surface area contributed by atoms with E-state index < -0.39 is 6.04 Å². The fourth-order valence-electron chi connectivity index (χ4n) is 1.14. The van der Waals surface area contributed by atoms with Gasteiger partial charge in [0, 0.05) is 18.2 Å². The molecule has 16 heavy (non-hydrogen) atoms. The van der Waals surface area contributed by atoms with E-state index in [0.717, 1.165) is 11.4 Å². The van der Waals surface area contributed by atoms with E-state index in [1.807, 2.05) is 6.20 Å². The molecule has 0 aliphatic heterocycles. The molecule has 0 aromatic carbocycles. The van der Waals surface area contributed by atoms with Crippen LogP contribution in [0.5, 0.6) is 0 Å². The minimum atomic E-state index is -0.615. The molecule has 0 aliphatic carbocycles. The number of nitrogens with zero attached hydrogens (tertiary/aromatic N) is 1. The van der Waals surface area contributed by atoms with Crippen molar-refractivity contribution in [3.63, 3.8) is 0 Å². The average Bonchev–Trinajstić information content (AvgIpc) is 2.74. The minimum Gasteiger partial charge on any atom is -0.383 e. The Morgan fingerprint density at radius 1 is 1.75 bits per heavy atom. The number of aromatic nitrogens is 1. The van der Waals surface area contributed by atoms with Gasteiger partial charge in [-0.2, -0.15) is 0 Å². The van der Waals surface area contributed by atoms with Crippen molar-refractivity contribution in [2.45, 2.75) is 25.9 Å². The van der Waals surface area contributed by atoms with Gasteiger partial charge < -0.3 is 15.8 Å². The van der Waals surface area contributed by atoms with Crippen LogP contribution in [0.1, 0.15) is 16.8 Å². The number of rotatable bonds is 6. The van der Waals surface area contributed by atoms with E-state index >= 15 is 0 Å². The van der Waals surface area contributed by atoms with Crippen LogP contribution in [0.4, 0.5) is 0 Å². The third-order valence-electron chi connectivity index (χ3n) is 2.05. The van der Waals surface area contributed by atoms with Crippen LogP contribution in [0.3, 0.4) is 0 Å². The molecule has 90 valence electrons. The Bertz CT molecular complexity index is 341. The van der Waals surface area contributed by atoms with Gasteiger partial charge in [0.25, 0.3) is 0 Å². The topological polar surface area (TPSA) is 77.2 Å². The summed E-state index contributed by atoms with van der Waals surface area (Å²) in [6, 6.07) is -0.615. The van der Waals surface area contributed by atoms with E-state index in [4.69, 9.17) is 10.5 Å². The summed E-state index contributed by atoms with van der Waals surface area (Å²) in [4.78, 5) is 16.9. The second-order valence-electron chi connectivity index (χ2n) is 3.35. The van der Waals surface area contributed by atoms with Crippen molar-refractivity contribution in [1.29, 1.82) is 0 Å². The summed E-state index contributed by atoms with van der Waals surface area (Å²) in [5.41, 5.74) is 5.57. The number of carbonyl (C=O) groups is 1. The molecule has 0 spiro atoms. The summed E-state index contributed by atoms with van der Waals surface area (Å²) in [5.74, 6) is -0.213. The van der Waals surface area contributed by atoms with Crippen molar-refractivity contribution in [2.75, 3.05) is 13.7 Å². The van der Waals surface area contributed by atoms with Crippen LogP contribution in [0, 0.1) is 0 Å². The third-order valence-corrected chi connectivity index (χ3v) is 3.19. The van der Waals surface area contributed by atoms with Crippen molar-refractivity contribution in [2.24, 2.45) is 5.73 Å². The quantitative estimate of drug-likeness (QED) is 0.753. The monoisotopic (exact) mass is 243 g/mol. The number of hydrogen-bond acceptors (Lipinski definition) is 5. The number of amides is 1. The molecule has 6 heteroatoms. The first-order valence-corrected chi connectivity index (χ1v) is 5.94. The maximum absolute atomic E-state index is 11.4. The van der Waals surface area contributed by atoms with Crippen molar-refractivity contribution in [3.05, 3.63) is 16.1 Å². The number of methoxy groups -OCH3 is 1. The summed E-state index contributed by atoms with van der Waals surface area (Å²) in [6.45, 7) is 2.73. The minimum absolute atomic E-state index is 0.213. The van der Waals surface area contributed by atoms with Gasteiger partial charge in [-0.3, -0.25) is 4.79 Å². The Balaban J connectivity index is 2.36. The van der Waals surface area contributed by atoms with E-state index in [0.29, 0.717) is 6.54 Å². The Morgan fingerprint density at radius 2 is 2.50 bits per heavy atom. The van der Waals surface area contributed by atoms with Crippen molar-refractivity contribution < 1.29 is 9.53 Å². The molecule has 0 bridgehead atoms. The van der Waals surface area contributed by atoms with Gasteiger partial charge in [-0.25, -0.2) is 4.98 Å². The van der Waals surface area contributed by atoms with Crippen molar-refractivity contribution >= 4 is 17.2 Å². The zero-order chi connectivity index (χ0) is 12.0. The molecule has 1 heterocycles. The molecule has 0 saturated heterocycles. The molecule has 0 radical (unpaired) electrons. The first-order chi connectivity index (χ1) is 7.67. The first-order valence-electron chi connectivity index (χ1n) is 5.13. The Hall–Kier alpha value is -0.980. The van der Waals surface area contributed by atoms with Crippen LogP contribution < -0.4 is 11.1 Å². The largest absolute Gasteiger partial charge is 0.383 e. The Kier molecular flexibility index (Phi) is 5.37. The number of aryl methyl sites for hydroxylation is 1. The molecule has 1 aromatic heterocycles. The summed E-state index contributed by atoms with van der Waals surface area (Å²) in [6.07, 6.45) is 2.80. The fraction of sp³-hybridized carbons (Fsp3) is 0.600. The van der Waals surface area contributed by atoms with Gasteiger partial charge in [0.2, 0.25) is 5.91 Å². The lowest BCUT2D eigenvalue weighted by atomic mass is 10.3. The molecule has 1 aromatic rings. The lowest BCUT2D eigenvalue weighted by Crippen LogP contribution is -2.43. The highest BCUT2D eigenvalue weighted by Gasteiger charge is 2.12. The molecule has 0 aliphatic rings. The van der Waals surface area contributed by atoms with Crippen molar-refractivity contribution in [1.82, 2.24) is 10.3 Å². The number of hydrogen-bond donors (Lipinski definition) is 2. The number of thiazole rings is 1. The Morgan fingerprint density at radius 3 is 3.06 bits per heavy atom. The Labute approximate surface area is 99.0 Å². The average molecular weight is 243 g/mol. The van der Waals surface area contributed by atoms with Crippen LogP contribution in [-0.2, 0) is 22.5 Å². The van der Waals surface area contributed by atoms with E-state index in [-0.39, 0.29) is 12.5 Å². The second-order valence-corrected chi connectivity index (χ2v) is 4.55. The summed E-state index contributed by atoms with van der Waals surface area (Å²) in [7, 11) is 1.52. The highest BCUT2D eigenvalue weighted by atomic mass is 32.1. The number of carbonyl (C=O) groups excluding carboxylic acids is 1. The number of ether oxygens (including phenoxy) is 1. The highest BCUT2D eigenvalue weighted by molar-refractivity contribution is 7.11. The molecular weight excluding hydrogens is 226 g/mol. The normalized spacial score (nSPS) is 12.4. The fourth-order valence-corrected chi connectivity index (χ4v) is 1.94. The zero-order valence-corrected chi connectivity index (χ0v) is 10.3. The molecule has 5 nitrogen and oxygen atoms in total. The predicted octanol–water partition coefficient (Wildman–Crippen LogP) is 0.295. The van der Waals surface area contributed by atoms with Gasteiger partial charge in [0.1, 0.15) is 11.0 Å². The van der Waals surface area contributed by atoms with Gasteiger partial charge in [0.05, 0.1) is 13.2 Å². The molecular formula is C10H17N3O2S. The molecule has 1 atom stereocenters. The smallest absolute Gasteiger partial charge is 0.239 e. The van der Waals surface area contributed by atoms with Crippen molar-refractivity contribution in [3.8, 4) is 0 Å². The van der Waals surface area contributed by atoms with E-state index in [9.17, 15) is 4.79 Å². The molecule has 3 N–H and O–H groups in total. The summed E-state index contributed by atoms with van der Waals surface area (Å²) < 4.78 is 4.80. The molecule has 1 rings (SSSR count). The molecule has 0 saturated carbocycles. The van der Waals surface area contributed by atoms with Crippen LogP contribution in [0.15, 0.2) is 6.20 Å². The second kappa shape index (κ2) is 6.57. The van der Waals surface area contributed by atoms with E-state index in [1.54, 1.807) is 11.3 Å². The van der Waals surface area contributed by atoms with Crippen LogP contribution >= 0.6 is 11.3 Å². The third kappa shape index (κ3) is 3.88. The summed E-state index contributed by atoms with van der Waals surface area (Å²) >= 11 is 1.60. The SMILES string of the molecule is CCc1cnc(CNC(=O)C(N)COC)s1. The van der Waals surface area contributed by atoms with Crippen LogP contribution in [0.25, 0.3) is 0 Å². The maximum atomic E-state index is 11.4. The van der Waals surface area contributed by atoms with E-state index in [2.05, 4.69) is 17.2 Å². The number of nitrogens with one attached hydrogen (secondary N) is 1. The predicted molar refractivity (Wildman–Crippen MR) is 63.2 cm³/mol. The summed E-state index contributed by atoms with van der Waals surface area (Å²) in [5, 5.41) is 3.62.